The van der Waals surface area contributed by atoms with Crippen molar-refractivity contribution in [3.8, 4) is 11.5 Å². The zero-order chi connectivity index (χ0) is 13.4. The fourth-order valence-corrected chi connectivity index (χ4v) is 1.46. The first-order valence-corrected chi connectivity index (χ1v) is 5.89. The van der Waals surface area contributed by atoms with Gasteiger partial charge in [0.05, 0.1) is 13.2 Å². The van der Waals surface area contributed by atoms with Gasteiger partial charge >= 0.3 is 0 Å². The number of benzene rings is 1. The number of nitrogens with one attached hydrogen (secondary N) is 1. The van der Waals surface area contributed by atoms with Crippen molar-refractivity contribution in [1.29, 1.82) is 0 Å². The summed E-state index contributed by atoms with van der Waals surface area (Å²) in [6, 6.07) is 5.28. The number of hydrogen-bond acceptors (Lipinski definition) is 4. The van der Waals surface area contributed by atoms with Gasteiger partial charge in [-0.1, -0.05) is 0 Å². The Hall–Kier alpha value is -1.75. The van der Waals surface area contributed by atoms with Gasteiger partial charge in [0.15, 0.2) is 11.5 Å². The standard InChI is InChI=1S/C13H19NO4/c1-4-17-11-7-6-10(8-12(11)18-5-2)14-13(15)9-16-3/h6-8H,4-5,9H2,1-3H3,(H,14,15). The van der Waals surface area contributed by atoms with Crippen molar-refractivity contribution < 1.29 is 19.0 Å². The SMILES string of the molecule is CCOc1ccc(NC(=O)COC)cc1OCC. The Bertz CT molecular complexity index is 393. The van der Waals surface area contributed by atoms with Gasteiger partial charge in [-0.25, -0.2) is 0 Å². The second-order valence-electron chi connectivity index (χ2n) is 3.51. The molecule has 0 heterocycles. The first-order chi connectivity index (χ1) is 8.71. The molecule has 0 bridgehead atoms. The molecule has 5 heteroatoms. The van der Waals surface area contributed by atoms with E-state index >= 15 is 0 Å². The molecule has 1 N–H and O–H groups in total. The molecule has 1 aromatic carbocycles. The number of amides is 1. The van der Waals surface area contributed by atoms with Crippen molar-refractivity contribution >= 4 is 11.6 Å². The molecule has 0 fully saturated rings. The highest BCUT2D eigenvalue weighted by Gasteiger charge is 2.08. The monoisotopic (exact) mass is 253 g/mol. The van der Waals surface area contributed by atoms with E-state index in [2.05, 4.69) is 5.32 Å². The largest absolute Gasteiger partial charge is 0.490 e. The summed E-state index contributed by atoms with van der Waals surface area (Å²) in [5.74, 6) is 1.09. The third-order valence-electron chi connectivity index (χ3n) is 2.10. The normalized spacial score (nSPS) is 9.94. The van der Waals surface area contributed by atoms with Gasteiger partial charge in [-0.05, 0) is 26.0 Å². The Morgan fingerprint density at radius 3 is 2.44 bits per heavy atom. The smallest absolute Gasteiger partial charge is 0.250 e. The van der Waals surface area contributed by atoms with Crippen molar-refractivity contribution in [3.05, 3.63) is 18.2 Å². The van der Waals surface area contributed by atoms with Crippen LogP contribution in [-0.2, 0) is 9.53 Å². The summed E-state index contributed by atoms with van der Waals surface area (Å²) in [7, 11) is 1.48. The molecule has 0 aliphatic rings. The first-order valence-electron chi connectivity index (χ1n) is 5.89. The maximum atomic E-state index is 11.4. The molecule has 1 rings (SSSR count). The van der Waals surface area contributed by atoms with Crippen LogP contribution in [0.25, 0.3) is 0 Å². The lowest BCUT2D eigenvalue weighted by Crippen LogP contribution is -2.17. The lowest BCUT2D eigenvalue weighted by atomic mass is 10.2. The number of anilines is 1. The molecule has 18 heavy (non-hydrogen) atoms. The second-order valence-corrected chi connectivity index (χ2v) is 3.51. The van der Waals surface area contributed by atoms with Crippen molar-refractivity contribution in [2.24, 2.45) is 0 Å². The van der Waals surface area contributed by atoms with Gasteiger partial charge in [-0.15, -0.1) is 0 Å². The van der Waals surface area contributed by atoms with Gasteiger partial charge in [0.25, 0.3) is 0 Å². The minimum absolute atomic E-state index is 0.0250. The Morgan fingerprint density at radius 2 is 1.83 bits per heavy atom. The fraction of sp³-hybridized carbons (Fsp3) is 0.462. The topological polar surface area (TPSA) is 56.8 Å². The highest BCUT2D eigenvalue weighted by molar-refractivity contribution is 5.92. The first kappa shape index (κ1) is 14.3. The van der Waals surface area contributed by atoms with Crippen LogP contribution >= 0.6 is 0 Å². The Labute approximate surface area is 107 Å². The fourth-order valence-electron chi connectivity index (χ4n) is 1.46. The Balaban J connectivity index is 2.81. The van der Waals surface area contributed by atoms with Crippen LogP contribution in [0, 0.1) is 0 Å². The molecule has 0 unspecified atom stereocenters. The van der Waals surface area contributed by atoms with Crippen molar-refractivity contribution in [2.45, 2.75) is 13.8 Å². The molecule has 0 aromatic heterocycles. The lowest BCUT2D eigenvalue weighted by molar-refractivity contribution is -0.119. The van der Waals surface area contributed by atoms with Crippen LogP contribution in [-0.4, -0.2) is 32.8 Å². The van der Waals surface area contributed by atoms with E-state index in [9.17, 15) is 4.79 Å². The van der Waals surface area contributed by atoms with Gasteiger partial charge in [0.1, 0.15) is 6.61 Å². The number of rotatable bonds is 7. The summed E-state index contributed by atoms with van der Waals surface area (Å²) in [6.07, 6.45) is 0. The van der Waals surface area contributed by atoms with Gasteiger partial charge in [0.2, 0.25) is 5.91 Å². The van der Waals surface area contributed by atoms with Crippen LogP contribution in [0.1, 0.15) is 13.8 Å². The van der Waals surface area contributed by atoms with Gasteiger partial charge in [0, 0.05) is 18.9 Å². The van der Waals surface area contributed by atoms with Crippen LogP contribution in [0.3, 0.4) is 0 Å². The van der Waals surface area contributed by atoms with E-state index in [1.165, 1.54) is 7.11 Å². The summed E-state index contributed by atoms with van der Waals surface area (Å²) in [5.41, 5.74) is 0.656. The molecule has 1 aromatic rings. The zero-order valence-corrected chi connectivity index (χ0v) is 11.0. The molecule has 0 saturated carbocycles. The lowest BCUT2D eigenvalue weighted by Gasteiger charge is -2.12. The van der Waals surface area contributed by atoms with E-state index in [1.807, 2.05) is 13.8 Å². The van der Waals surface area contributed by atoms with E-state index in [4.69, 9.17) is 14.2 Å². The average Bonchev–Trinajstić information content (AvgIpc) is 2.33. The number of hydrogen-bond donors (Lipinski definition) is 1. The molecule has 0 radical (unpaired) electrons. The van der Waals surface area contributed by atoms with Crippen molar-refractivity contribution in [1.82, 2.24) is 0 Å². The molecule has 0 aliphatic heterocycles. The van der Waals surface area contributed by atoms with Gasteiger partial charge < -0.3 is 19.5 Å². The third kappa shape index (κ3) is 4.25. The van der Waals surface area contributed by atoms with Gasteiger partial charge in [-0.3, -0.25) is 4.79 Å². The molecular formula is C13H19NO4. The minimum Gasteiger partial charge on any atom is -0.490 e. The van der Waals surface area contributed by atoms with Crippen LogP contribution in [0.15, 0.2) is 18.2 Å². The number of carbonyl (C=O) groups excluding carboxylic acids is 1. The van der Waals surface area contributed by atoms with E-state index in [0.717, 1.165) is 0 Å². The molecule has 0 spiro atoms. The number of carbonyl (C=O) groups is 1. The number of ether oxygens (including phenoxy) is 3. The maximum absolute atomic E-state index is 11.4. The van der Waals surface area contributed by atoms with Gasteiger partial charge in [-0.2, -0.15) is 0 Å². The van der Waals surface area contributed by atoms with Crippen LogP contribution < -0.4 is 14.8 Å². The maximum Gasteiger partial charge on any atom is 0.250 e. The average molecular weight is 253 g/mol. The highest BCUT2D eigenvalue weighted by atomic mass is 16.5. The quantitative estimate of drug-likeness (QED) is 0.808. The van der Waals surface area contributed by atoms with Crippen LogP contribution in [0.5, 0.6) is 11.5 Å². The van der Waals surface area contributed by atoms with E-state index in [-0.39, 0.29) is 12.5 Å². The van der Waals surface area contributed by atoms with E-state index in [0.29, 0.717) is 30.4 Å². The molecule has 0 saturated heterocycles. The van der Waals surface area contributed by atoms with Crippen LogP contribution in [0.2, 0.25) is 0 Å². The summed E-state index contributed by atoms with van der Waals surface area (Å²) in [5, 5.41) is 2.71. The molecule has 0 aliphatic carbocycles. The molecular weight excluding hydrogens is 234 g/mol. The van der Waals surface area contributed by atoms with Crippen molar-refractivity contribution in [3.63, 3.8) is 0 Å². The minimum atomic E-state index is -0.205. The van der Waals surface area contributed by atoms with E-state index in [1.54, 1.807) is 18.2 Å². The predicted molar refractivity (Wildman–Crippen MR) is 69.3 cm³/mol. The Morgan fingerprint density at radius 1 is 1.17 bits per heavy atom. The number of methoxy groups -OCH3 is 1. The zero-order valence-electron chi connectivity index (χ0n) is 11.0. The summed E-state index contributed by atoms with van der Waals surface area (Å²) in [6.45, 7) is 4.93. The molecule has 5 nitrogen and oxygen atoms in total. The summed E-state index contributed by atoms with van der Waals surface area (Å²) >= 11 is 0. The van der Waals surface area contributed by atoms with Crippen molar-refractivity contribution in [2.75, 3.05) is 32.2 Å². The summed E-state index contributed by atoms with van der Waals surface area (Å²) < 4.78 is 15.6. The Kier molecular flexibility index (Phi) is 6.00. The molecule has 100 valence electrons. The molecule has 0 atom stereocenters. The summed E-state index contributed by atoms with van der Waals surface area (Å²) in [4.78, 5) is 11.4. The predicted octanol–water partition coefficient (Wildman–Crippen LogP) is 2.07. The highest BCUT2D eigenvalue weighted by Crippen LogP contribution is 2.30. The van der Waals surface area contributed by atoms with E-state index < -0.39 is 0 Å². The third-order valence-corrected chi connectivity index (χ3v) is 2.10. The van der Waals surface area contributed by atoms with Crippen LogP contribution in [0.4, 0.5) is 5.69 Å². The second kappa shape index (κ2) is 7.55. The molecule has 1 amide bonds.